The molecular formula is C14H31NO. The van der Waals surface area contributed by atoms with Crippen LogP contribution in [0.2, 0.25) is 0 Å². The second kappa shape index (κ2) is 13.0. The monoisotopic (exact) mass is 229 g/mol. The third kappa shape index (κ3) is 12.0. The molecule has 1 atom stereocenters. The smallest absolute Gasteiger partial charge is 0.104 e. The Labute approximate surface area is 102 Å². The van der Waals surface area contributed by atoms with E-state index in [0.29, 0.717) is 0 Å². The summed E-state index contributed by atoms with van der Waals surface area (Å²) in [6, 6.07) is 0. The van der Waals surface area contributed by atoms with Gasteiger partial charge in [-0.1, -0.05) is 58.8 Å². The van der Waals surface area contributed by atoms with Crippen molar-refractivity contribution >= 4 is 0 Å². The average molecular weight is 229 g/mol. The summed E-state index contributed by atoms with van der Waals surface area (Å²) in [5, 5.41) is 12.8. The molecule has 0 fully saturated rings. The molecule has 0 rings (SSSR count). The van der Waals surface area contributed by atoms with Crippen molar-refractivity contribution < 1.29 is 5.11 Å². The van der Waals surface area contributed by atoms with Gasteiger partial charge in [0.1, 0.15) is 6.23 Å². The number of hydrogen-bond acceptors (Lipinski definition) is 2. The highest BCUT2D eigenvalue weighted by Crippen LogP contribution is 2.05. The van der Waals surface area contributed by atoms with Crippen molar-refractivity contribution in [2.75, 3.05) is 6.54 Å². The van der Waals surface area contributed by atoms with Crippen LogP contribution in [0.3, 0.4) is 0 Å². The zero-order valence-electron chi connectivity index (χ0n) is 11.3. The van der Waals surface area contributed by atoms with Crippen LogP contribution in [0.4, 0.5) is 0 Å². The standard InChI is InChI=1S/C14H31NO/c1-3-5-7-9-11-13-15-14(16)12-10-8-6-4-2/h14-16H,3-13H2,1-2H3. The molecule has 0 aromatic carbocycles. The van der Waals surface area contributed by atoms with Gasteiger partial charge >= 0.3 is 0 Å². The van der Waals surface area contributed by atoms with Crippen LogP contribution in [0.15, 0.2) is 0 Å². The maximum Gasteiger partial charge on any atom is 0.104 e. The third-order valence-corrected chi connectivity index (χ3v) is 2.99. The molecule has 2 nitrogen and oxygen atoms in total. The van der Waals surface area contributed by atoms with Gasteiger partial charge < -0.3 is 5.11 Å². The Hall–Kier alpha value is -0.0800. The molecule has 0 aliphatic carbocycles. The Morgan fingerprint density at radius 3 is 2.00 bits per heavy atom. The van der Waals surface area contributed by atoms with E-state index in [4.69, 9.17) is 0 Å². The van der Waals surface area contributed by atoms with E-state index in [1.807, 2.05) is 0 Å². The van der Waals surface area contributed by atoms with Crippen molar-refractivity contribution in [2.45, 2.75) is 84.3 Å². The largest absolute Gasteiger partial charge is 0.379 e. The molecule has 0 aromatic heterocycles. The van der Waals surface area contributed by atoms with Crippen LogP contribution in [0, 0.1) is 0 Å². The molecule has 0 saturated carbocycles. The number of unbranched alkanes of at least 4 members (excludes halogenated alkanes) is 7. The zero-order valence-corrected chi connectivity index (χ0v) is 11.3. The number of aliphatic hydroxyl groups is 1. The molecule has 0 saturated heterocycles. The Kier molecular flexibility index (Phi) is 12.9. The minimum Gasteiger partial charge on any atom is -0.379 e. The molecule has 0 spiro atoms. The van der Waals surface area contributed by atoms with Gasteiger partial charge in [-0.2, -0.15) is 0 Å². The fourth-order valence-electron chi connectivity index (χ4n) is 1.86. The minimum atomic E-state index is -0.275. The highest BCUT2D eigenvalue weighted by molar-refractivity contribution is 4.55. The van der Waals surface area contributed by atoms with E-state index in [2.05, 4.69) is 19.2 Å². The number of nitrogens with one attached hydrogen (secondary N) is 1. The summed E-state index contributed by atoms with van der Waals surface area (Å²) in [7, 11) is 0. The van der Waals surface area contributed by atoms with Crippen LogP contribution < -0.4 is 5.32 Å². The summed E-state index contributed by atoms with van der Waals surface area (Å²) in [5.41, 5.74) is 0. The quantitative estimate of drug-likeness (QED) is 0.394. The van der Waals surface area contributed by atoms with Gasteiger partial charge in [-0.25, -0.2) is 0 Å². The fraction of sp³-hybridized carbons (Fsp3) is 1.00. The van der Waals surface area contributed by atoms with Crippen molar-refractivity contribution in [1.29, 1.82) is 0 Å². The summed E-state index contributed by atoms with van der Waals surface area (Å²) in [6.07, 6.45) is 12.1. The van der Waals surface area contributed by atoms with E-state index in [-0.39, 0.29) is 6.23 Å². The van der Waals surface area contributed by atoms with Gasteiger partial charge in [0.25, 0.3) is 0 Å². The van der Waals surface area contributed by atoms with Crippen LogP contribution >= 0.6 is 0 Å². The van der Waals surface area contributed by atoms with Gasteiger partial charge in [0.05, 0.1) is 0 Å². The van der Waals surface area contributed by atoms with Crippen LogP contribution in [0.5, 0.6) is 0 Å². The summed E-state index contributed by atoms with van der Waals surface area (Å²) in [5.74, 6) is 0. The molecule has 0 aromatic rings. The zero-order chi connectivity index (χ0) is 12.1. The van der Waals surface area contributed by atoms with Crippen molar-refractivity contribution in [1.82, 2.24) is 5.32 Å². The Balaban J connectivity index is 3.08. The molecule has 0 radical (unpaired) electrons. The molecule has 0 aliphatic heterocycles. The summed E-state index contributed by atoms with van der Waals surface area (Å²) in [4.78, 5) is 0. The van der Waals surface area contributed by atoms with Crippen LogP contribution in [-0.4, -0.2) is 17.9 Å². The number of hydrogen-bond donors (Lipinski definition) is 2. The lowest BCUT2D eigenvalue weighted by Crippen LogP contribution is -2.29. The molecule has 1 unspecified atom stereocenters. The van der Waals surface area contributed by atoms with E-state index >= 15 is 0 Å². The molecule has 2 N–H and O–H groups in total. The maximum absolute atomic E-state index is 9.64. The first kappa shape index (κ1) is 15.9. The van der Waals surface area contributed by atoms with Crippen molar-refractivity contribution in [3.05, 3.63) is 0 Å². The van der Waals surface area contributed by atoms with E-state index in [1.165, 1.54) is 51.4 Å². The Morgan fingerprint density at radius 2 is 1.38 bits per heavy atom. The molecular weight excluding hydrogens is 198 g/mol. The molecule has 0 heterocycles. The minimum absolute atomic E-state index is 0.275. The molecule has 0 amide bonds. The molecule has 16 heavy (non-hydrogen) atoms. The molecule has 2 heteroatoms. The predicted octanol–water partition coefficient (Wildman–Crippen LogP) is 3.84. The summed E-state index contributed by atoms with van der Waals surface area (Å²) < 4.78 is 0. The van der Waals surface area contributed by atoms with Crippen molar-refractivity contribution in [2.24, 2.45) is 0 Å². The average Bonchev–Trinajstić information content (AvgIpc) is 2.29. The second-order valence-corrected chi connectivity index (χ2v) is 4.73. The highest BCUT2D eigenvalue weighted by Gasteiger charge is 2.01. The summed E-state index contributed by atoms with van der Waals surface area (Å²) >= 11 is 0. The topological polar surface area (TPSA) is 32.3 Å². The van der Waals surface area contributed by atoms with Crippen LogP contribution in [0.1, 0.15) is 78.1 Å². The Morgan fingerprint density at radius 1 is 0.812 bits per heavy atom. The Bertz CT molecular complexity index is 128. The van der Waals surface area contributed by atoms with Gasteiger partial charge in [-0.15, -0.1) is 0 Å². The molecule has 98 valence electrons. The summed E-state index contributed by atoms with van der Waals surface area (Å²) in [6.45, 7) is 5.42. The van der Waals surface area contributed by atoms with E-state index in [0.717, 1.165) is 19.4 Å². The normalized spacial score (nSPS) is 12.9. The van der Waals surface area contributed by atoms with E-state index in [9.17, 15) is 5.11 Å². The van der Waals surface area contributed by atoms with Gasteiger partial charge in [-0.3, -0.25) is 5.32 Å². The van der Waals surface area contributed by atoms with Gasteiger partial charge in [0.2, 0.25) is 0 Å². The van der Waals surface area contributed by atoms with Crippen LogP contribution in [0.25, 0.3) is 0 Å². The van der Waals surface area contributed by atoms with Crippen molar-refractivity contribution in [3.63, 3.8) is 0 Å². The van der Waals surface area contributed by atoms with Gasteiger partial charge in [-0.05, 0) is 25.8 Å². The predicted molar refractivity (Wildman–Crippen MR) is 71.5 cm³/mol. The van der Waals surface area contributed by atoms with E-state index < -0.39 is 0 Å². The third-order valence-electron chi connectivity index (χ3n) is 2.99. The number of aliphatic hydroxyl groups excluding tert-OH is 1. The lowest BCUT2D eigenvalue weighted by Gasteiger charge is -2.12. The second-order valence-electron chi connectivity index (χ2n) is 4.73. The molecule has 0 bridgehead atoms. The van der Waals surface area contributed by atoms with Crippen LogP contribution in [-0.2, 0) is 0 Å². The lowest BCUT2D eigenvalue weighted by molar-refractivity contribution is 0.124. The first-order valence-electron chi connectivity index (χ1n) is 7.22. The van der Waals surface area contributed by atoms with Gasteiger partial charge in [0, 0.05) is 0 Å². The maximum atomic E-state index is 9.64. The molecule has 0 aliphatic rings. The number of rotatable bonds is 12. The lowest BCUT2D eigenvalue weighted by atomic mass is 10.1. The van der Waals surface area contributed by atoms with Gasteiger partial charge in [0.15, 0.2) is 0 Å². The first-order chi connectivity index (χ1) is 7.81. The first-order valence-corrected chi connectivity index (χ1v) is 7.22. The van der Waals surface area contributed by atoms with E-state index in [1.54, 1.807) is 0 Å². The highest BCUT2D eigenvalue weighted by atomic mass is 16.3. The van der Waals surface area contributed by atoms with Crippen molar-refractivity contribution in [3.8, 4) is 0 Å². The fourth-order valence-corrected chi connectivity index (χ4v) is 1.86. The SMILES string of the molecule is CCCCCCCNC(O)CCCCCC.